The average molecular weight is 317 g/mol. The van der Waals surface area contributed by atoms with Crippen LogP contribution in [0.4, 0.5) is 5.82 Å². The summed E-state index contributed by atoms with van der Waals surface area (Å²) in [5.41, 5.74) is 1.48. The molecule has 0 bridgehead atoms. The zero-order valence-electron chi connectivity index (χ0n) is 13.0. The van der Waals surface area contributed by atoms with E-state index in [4.69, 9.17) is 0 Å². The van der Waals surface area contributed by atoms with E-state index in [-0.39, 0.29) is 6.10 Å². The predicted molar refractivity (Wildman–Crippen MR) is 90.5 cm³/mol. The first-order chi connectivity index (χ1) is 10.7. The van der Waals surface area contributed by atoms with E-state index in [1.54, 1.807) is 6.33 Å². The molecule has 118 valence electrons. The van der Waals surface area contributed by atoms with Crippen molar-refractivity contribution in [3.05, 3.63) is 16.8 Å². The zero-order valence-corrected chi connectivity index (χ0v) is 13.8. The first-order valence-electron chi connectivity index (χ1n) is 8.40. The van der Waals surface area contributed by atoms with Gasteiger partial charge in [-0.1, -0.05) is 6.92 Å². The molecule has 22 heavy (non-hydrogen) atoms. The molecule has 1 atom stereocenters. The Labute approximate surface area is 135 Å². The summed E-state index contributed by atoms with van der Waals surface area (Å²) < 4.78 is 0. The summed E-state index contributed by atoms with van der Waals surface area (Å²) in [6.07, 6.45) is 9.04. The molecule has 2 aliphatic rings. The highest BCUT2D eigenvalue weighted by Gasteiger charge is 2.25. The number of fused-ring (bicyclic) bond motifs is 3. The van der Waals surface area contributed by atoms with Gasteiger partial charge in [-0.25, -0.2) is 9.97 Å². The van der Waals surface area contributed by atoms with Gasteiger partial charge in [0, 0.05) is 10.9 Å². The molecule has 0 saturated heterocycles. The highest BCUT2D eigenvalue weighted by Crippen LogP contribution is 2.40. The molecule has 0 spiro atoms. The third kappa shape index (κ3) is 2.61. The van der Waals surface area contributed by atoms with E-state index in [2.05, 4.69) is 22.2 Å². The quantitative estimate of drug-likeness (QED) is 0.889. The van der Waals surface area contributed by atoms with E-state index in [1.807, 2.05) is 11.3 Å². The lowest BCUT2D eigenvalue weighted by atomic mass is 9.88. The summed E-state index contributed by atoms with van der Waals surface area (Å²) in [4.78, 5) is 11.7. The van der Waals surface area contributed by atoms with Crippen LogP contribution < -0.4 is 5.32 Å². The first-order valence-corrected chi connectivity index (χ1v) is 9.22. The van der Waals surface area contributed by atoms with Crippen LogP contribution in [0.5, 0.6) is 0 Å². The summed E-state index contributed by atoms with van der Waals surface area (Å²) in [5.74, 6) is 1.76. The Balaban J connectivity index is 1.67. The van der Waals surface area contributed by atoms with Crippen LogP contribution in [0.25, 0.3) is 10.2 Å². The zero-order chi connectivity index (χ0) is 15.1. The molecular weight excluding hydrogens is 294 g/mol. The largest absolute Gasteiger partial charge is 0.393 e. The average Bonchev–Trinajstić information content (AvgIpc) is 2.88. The highest BCUT2D eigenvalue weighted by atomic mass is 32.1. The van der Waals surface area contributed by atoms with Crippen LogP contribution in [-0.2, 0) is 12.8 Å². The number of aliphatic hydroxyl groups excluding tert-OH is 1. The molecule has 2 heterocycles. The molecule has 0 aromatic carbocycles. The van der Waals surface area contributed by atoms with Crippen LogP contribution in [0.15, 0.2) is 6.33 Å². The summed E-state index contributed by atoms with van der Waals surface area (Å²) in [6.45, 7) is 2.34. The van der Waals surface area contributed by atoms with Gasteiger partial charge in [0.15, 0.2) is 0 Å². The third-order valence-electron chi connectivity index (χ3n) is 5.13. The summed E-state index contributed by atoms with van der Waals surface area (Å²) in [6, 6.07) is 0.429. The Kier molecular flexibility index (Phi) is 3.78. The Hall–Kier alpha value is -1.20. The fourth-order valence-electron chi connectivity index (χ4n) is 3.81. The Morgan fingerprint density at radius 2 is 2.00 bits per heavy atom. The van der Waals surface area contributed by atoms with Gasteiger partial charge in [-0.05, 0) is 56.4 Å². The predicted octanol–water partition coefficient (Wildman–Crippen LogP) is 3.53. The number of nitrogens with one attached hydrogen (secondary N) is 1. The topological polar surface area (TPSA) is 58.0 Å². The molecule has 2 aromatic heterocycles. The minimum Gasteiger partial charge on any atom is -0.393 e. The van der Waals surface area contributed by atoms with E-state index < -0.39 is 0 Å². The van der Waals surface area contributed by atoms with Gasteiger partial charge >= 0.3 is 0 Å². The van der Waals surface area contributed by atoms with Crippen molar-refractivity contribution in [2.75, 3.05) is 5.32 Å². The number of rotatable bonds is 2. The van der Waals surface area contributed by atoms with Crippen molar-refractivity contribution in [2.45, 2.75) is 64.0 Å². The number of nitrogens with zero attached hydrogens (tertiary/aromatic N) is 2. The van der Waals surface area contributed by atoms with Crippen molar-refractivity contribution in [2.24, 2.45) is 5.92 Å². The van der Waals surface area contributed by atoms with E-state index in [0.717, 1.165) is 48.7 Å². The van der Waals surface area contributed by atoms with Gasteiger partial charge in [-0.2, -0.15) is 0 Å². The van der Waals surface area contributed by atoms with Crippen LogP contribution in [0.2, 0.25) is 0 Å². The molecule has 2 aliphatic carbocycles. The minimum absolute atomic E-state index is 0.113. The molecule has 4 rings (SSSR count). The molecule has 4 nitrogen and oxygen atoms in total. The monoisotopic (exact) mass is 317 g/mol. The second kappa shape index (κ2) is 5.78. The van der Waals surface area contributed by atoms with Crippen LogP contribution in [0, 0.1) is 5.92 Å². The molecule has 1 fully saturated rings. The van der Waals surface area contributed by atoms with Crippen LogP contribution in [-0.4, -0.2) is 27.2 Å². The lowest BCUT2D eigenvalue weighted by molar-refractivity contribution is 0.126. The SMILES string of the molecule is C[C@@H]1CCc2sc3ncnc(N[C@H]4CC[C@H](O)CC4)c3c2C1. The maximum absolute atomic E-state index is 9.67. The van der Waals surface area contributed by atoms with E-state index in [9.17, 15) is 5.11 Å². The highest BCUT2D eigenvalue weighted by molar-refractivity contribution is 7.19. The first kappa shape index (κ1) is 14.4. The maximum Gasteiger partial charge on any atom is 0.138 e. The van der Waals surface area contributed by atoms with Gasteiger partial charge in [0.2, 0.25) is 0 Å². The molecule has 2 N–H and O–H groups in total. The van der Waals surface area contributed by atoms with Crippen molar-refractivity contribution in [3.8, 4) is 0 Å². The lowest BCUT2D eigenvalue weighted by Crippen LogP contribution is -2.28. The van der Waals surface area contributed by atoms with Gasteiger partial charge in [-0.3, -0.25) is 0 Å². The number of thiophene rings is 1. The van der Waals surface area contributed by atoms with Gasteiger partial charge < -0.3 is 10.4 Å². The van der Waals surface area contributed by atoms with Crippen molar-refractivity contribution in [1.82, 2.24) is 9.97 Å². The molecule has 1 saturated carbocycles. The fraction of sp³-hybridized carbons (Fsp3) is 0.647. The van der Waals surface area contributed by atoms with E-state index >= 15 is 0 Å². The van der Waals surface area contributed by atoms with Gasteiger partial charge in [0.25, 0.3) is 0 Å². The maximum atomic E-state index is 9.67. The smallest absolute Gasteiger partial charge is 0.138 e. The molecule has 0 radical (unpaired) electrons. The number of aryl methyl sites for hydroxylation is 1. The molecule has 0 aliphatic heterocycles. The third-order valence-corrected chi connectivity index (χ3v) is 6.32. The Bertz CT molecular complexity index is 676. The van der Waals surface area contributed by atoms with E-state index in [0.29, 0.717) is 6.04 Å². The van der Waals surface area contributed by atoms with Gasteiger partial charge in [0.1, 0.15) is 17.0 Å². The van der Waals surface area contributed by atoms with Crippen LogP contribution in [0.3, 0.4) is 0 Å². The number of aromatic nitrogens is 2. The van der Waals surface area contributed by atoms with E-state index in [1.165, 1.54) is 28.7 Å². The van der Waals surface area contributed by atoms with Crippen molar-refractivity contribution >= 4 is 27.4 Å². The molecule has 0 amide bonds. The molecule has 5 heteroatoms. The summed E-state index contributed by atoms with van der Waals surface area (Å²) >= 11 is 1.85. The number of hydrogen-bond acceptors (Lipinski definition) is 5. The lowest BCUT2D eigenvalue weighted by Gasteiger charge is -2.27. The Morgan fingerprint density at radius 3 is 2.82 bits per heavy atom. The molecule has 0 unspecified atom stereocenters. The minimum atomic E-state index is -0.113. The second-order valence-electron chi connectivity index (χ2n) is 6.90. The normalized spacial score (nSPS) is 28.5. The summed E-state index contributed by atoms with van der Waals surface area (Å²) in [7, 11) is 0. The van der Waals surface area contributed by atoms with Crippen molar-refractivity contribution in [3.63, 3.8) is 0 Å². The number of hydrogen-bond donors (Lipinski definition) is 2. The summed E-state index contributed by atoms with van der Waals surface area (Å²) in [5, 5.41) is 14.6. The number of anilines is 1. The number of aliphatic hydroxyl groups is 1. The van der Waals surface area contributed by atoms with Crippen molar-refractivity contribution in [1.29, 1.82) is 0 Å². The van der Waals surface area contributed by atoms with Crippen LogP contribution >= 0.6 is 11.3 Å². The van der Waals surface area contributed by atoms with Crippen molar-refractivity contribution < 1.29 is 5.11 Å². The van der Waals surface area contributed by atoms with Crippen LogP contribution in [0.1, 0.15) is 49.5 Å². The van der Waals surface area contributed by atoms with Gasteiger partial charge in [0.05, 0.1) is 11.5 Å². The Morgan fingerprint density at radius 1 is 1.18 bits per heavy atom. The van der Waals surface area contributed by atoms with Gasteiger partial charge in [-0.15, -0.1) is 11.3 Å². The molecular formula is C17H23N3OS. The standard InChI is InChI=1S/C17H23N3OS/c1-10-2-7-14-13(8-10)15-16(18-9-19-17(15)22-14)20-11-3-5-12(21)6-4-11/h9-12,21H,2-8H2,1H3,(H,18,19,20)/t10-,11-,12-/m1/s1. The second-order valence-corrected chi connectivity index (χ2v) is 7.99. The molecule has 2 aromatic rings. The fourth-order valence-corrected chi connectivity index (χ4v) is 4.99.